The third kappa shape index (κ3) is 3.04. The maximum absolute atomic E-state index is 11.4. The number of benzene rings is 2. The van der Waals surface area contributed by atoms with Crippen molar-refractivity contribution in [3.63, 3.8) is 0 Å². The molecule has 4 heteroatoms. The summed E-state index contributed by atoms with van der Waals surface area (Å²) in [4.78, 5) is 14.8. The third-order valence-corrected chi connectivity index (χ3v) is 4.57. The van der Waals surface area contributed by atoms with Crippen molar-refractivity contribution in [2.75, 3.05) is 0 Å². The summed E-state index contributed by atoms with van der Waals surface area (Å²) >= 11 is 6.33. The molecule has 3 rings (SSSR count). The van der Waals surface area contributed by atoms with Crippen LogP contribution in [0.25, 0.3) is 22.2 Å². The van der Waals surface area contributed by atoms with Crippen LogP contribution in [-0.2, 0) is 16.6 Å². The second-order valence-corrected chi connectivity index (χ2v) is 7.45. The molecule has 0 aliphatic heterocycles. The third-order valence-electron chi connectivity index (χ3n) is 4.24. The summed E-state index contributed by atoms with van der Waals surface area (Å²) in [6.07, 6.45) is -0.0475. The van der Waals surface area contributed by atoms with E-state index < -0.39 is 5.97 Å². The first-order valence-electron chi connectivity index (χ1n) is 7.89. The number of nitrogens with one attached hydrogen (secondary N) is 1. The van der Waals surface area contributed by atoms with Crippen LogP contribution in [0, 0.1) is 0 Å². The van der Waals surface area contributed by atoms with Gasteiger partial charge in [-0.3, -0.25) is 4.79 Å². The fourth-order valence-corrected chi connectivity index (χ4v) is 3.17. The lowest BCUT2D eigenvalue weighted by Crippen LogP contribution is -2.10. The van der Waals surface area contributed by atoms with Crippen LogP contribution in [0.1, 0.15) is 31.9 Å². The summed E-state index contributed by atoms with van der Waals surface area (Å²) in [5.74, 6) is -0.856. The molecule has 2 aromatic carbocycles. The first kappa shape index (κ1) is 16.6. The van der Waals surface area contributed by atoms with Gasteiger partial charge in [0.1, 0.15) is 0 Å². The number of aliphatic carboxylic acids is 1. The fourth-order valence-electron chi connectivity index (χ4n) is 2.94. The van der Waals surface area contributed by atoms with Crippen LogP contribution in [0.4, 0.5) is 0 Å². The normalized spacial score (nSPS) is 11.8. The van der Waals surface area contributed by atoms with Gasteiger partial charge in [0.15, 0.2) is 0 Å². The molecule has 0 aliphatic carbocycles. The lowest BCUT2D eigenvalue weighted by atomic mass is 9.86. The second-order valence-electron chi connectivity index (χ2n) is 7.04. The number of halogens is 1. The molecule has 0 fully saturated rings. The molecule has 0 saturated carbocycles. The highest BCUT2D eigenvalue weighted by molar-refractivity contribution is 6.33. The van der Waals surface area contributed by atoms with Crippen LogP contribution in [-0.4, -0.2) is 16.1 Å². The minimum atomic E-state index is -0.856. The Balaban J connectivity index is 2.30. The summed E-state index contributed by atoms with van der Waals surface area (Å²) in [6, 6.07) is 13.7. The molecule has 1 heterocycles. The van der Waals surface area contributed by atoms with E-state index in [9.17, 15) is 9.90 Å². The number of fused-ring (bicyclic) bond motifs is 1. The number of rotatable bonds is 3. The van der Waals surface area contributed by atoms with Gasteiger partial charge in [-0.05, 0) is 34.7 Å². The van der Waals surface area contributed by atoms with Crippen molar-refractivity contribution in [1.82, 2.24) is 4.98 Å². The molecule has 0 saturated heterocycles. The zero-order valence-electron chi connectivity index (χ0n) is 14.0. The second kappa shape index (κ2) is 5.99. The van der Waals surface area contributed by atoms with Crippen LogP contribution in [0.5, 0.6) is 0 Å². The van der Waals surface area contributed by atoms with Gasteiger partial charge >= 0.3 is 5.97 Å². The number of H-pyrrole nitrogens is 1. The van der Waals surface area contributed by atoms with Gasteiger partial charge in [-0.2, -0.15) is 0 Å². The zero-order chi connectivity index (χ0) is 17.5. The van der Waals surface area contributed by atoms with Gasteiger partial charge in [0.2, 0.25) is 0 Å². The first-order chi connectivity index (χ1) is 11.3. The van der Waals surface area contributed by atoms with E-state index in [4.69, 9.17) is 11.6 Å². The van der Waals surface area contributed by atoms with E-state index in [0.717, 1.165) is 27.7 Å². The molecule has 2 N–H and O–H groups in total. The average Bonchev–Trinajstić information content (AvgIpc) is 2.84. The molecule has 0 bridgehead atoms. The van der Waals surface area contributed by atoms with Crippen LogP contribution in [0.2, 0.25) is 5.02 Å². The highest BCUT2D eigenvalue weighted by atomic mass is 35.5. The summed E-state index contributed by atoms with van der Waals surface area (Å²) in [6.45, 7) is 6.44. The molecule has 0 radical (unpaired) electrons. The number of hydrogen-bond acceptors (Lipinski definition) is 1. The Morgan fingerprint density at radius 3 is 2.50 bits per heavy atom. The number of carboxylic acids is 1. The molecule has 0 atom stereocenters. The Morgan fingerprint density at radius 1 is 1.17 bits per heavy atom. The Labute approximate surface area is 146 Å². The standard InChI is InChI=1S/C20H20ClNO2/c1-20(2,3)12-8-9-17-14(10-12)15(11-18(23)24)19(22-17)13-6-4-5-7-16(13)21/h4-10,22H,11H2,1-3H3,(H,23,24). The van der Waals surface area contributed by atoms with E-state index >= 15 is 0 Å². The maximum atomic E-state index is 11.4. The van der Waals surface area contributed by atoms with Gasteiger partial charge < -0.3 is 10.1 Å². The maximum Gasteiger partial charge on any atom is 0.307 e. The van der Waals surface area contributed by atoms with Crippen molar-refractivity contribution in [1.29, 1.82) is 0 Å². The van der Waals surface area contributed by atoms with Crippen molar-refractivity contribution in [3.05, 3.63) is 58.6 Å². The molecule has 3 nitrogen and oxygen atoms in total. The minimum Gasteiger partial charge on any atom is -0.481 e. The van der Waals surface area contributed by atoms with Gasteiger partial charge in [-0.15, -0.1) is 0 Å². The van der Waals surface area contributed by atoms with Crippen molar-refractivity contribution in [2.45, 2.75) is 32.6 Å². The topological polar surface area (TPSA) is 53.1 Å². The predicted molar refractivity (Wildman–Crippen MR) is 98.8 cm³/mol. The molecule has 0 amide bonds. The highest BCUT2D eigenvalue weighted by Crippen LogP contribution is 2.36. The van der Waals surface area contributed by atoms with E-state index in [2.05, 4.69) is 37.9 Å². The Kier molecular flexibility index (Phi) is 4.14. The molecular weight excluding hydrogens is 322 g/mol. The zero-order valence-corrected chi connectivity index (χ0v) is 14.7. The van der Waals surface area contributed by atoms with Crippen molar-refractivity contribution in [3.8, 4) is 11.3 Å². The molecule has 0 aliphatic rings. The van der Waals surface area contributed by atoms with Crippen LogP contribution >= 0.6 is 11.6 Å². The first-order valence-corrected chi connectivity index (χ1v) is 8.27. The van der Waals surface area contributed by atoms with E-state index in [0.29, 0.717) is 5.02 Å². The molecular formula is C20H20ClNO2. The molecule has 24 heavy (non-hydrogen) atoms. The smallest absolute Gasteiger partial charge is 0.307 e. The van der Waals surface area contributed by atoms with Gasteiger partial charge in [0, 0.05) is 21.5 Å². The fraction of sp³-hybridized carbons (Fsp3) is 0.250. The number of hydrogen-bond donors (Lipinski definition) is 2. The summed E-state index contributed by atoms with van der Waals surface area (Å²) in [5.41, 5.74) is 4.47. The van der Waals surface area contributed by atoms with Crippen molar-refractivity contribution < 1.29 is 9.90 Å². The number of carbonyl (C=O) groups is 1. The summed E-state index contributed by atoms with van der Waals surface area (Å²) in [5, 5.41) is 10.9. The van der Waals surface area contributed by atoms with Gasteiger partial charge in [-0.25, -0.2) is 0 Å². The molecule has 124 valence electrons. The number of carboxylic acid groups (broad SMARTS) is 1. The van der Waals surface area contributed by atoms with E-state index in [1.807, 2.05) is 30.3 Å². The Hall–Kier alpha value is -2.26. The molecule has 1 aromatic heterocycles. The summed E-state index contributed by atoms with van der Waals surface area (Å²) in [7, 11) is 0. The number of aromatic nitrogens is 1. The lowest BCUT2D eigenvalue weighted by molar-refractivity contribution is -0.136. The van der Waals surface area contributed by atoms with Gasteiger partial charge in [0.25, 0.3) is 0 Å². The van der Waals surface area contributed by atoms with E-state index in [1.165, 1.54) is 5.56 Å². The van der Waals surface area contributed by atoms with Crippen molar-refractivity contribution >= 4 is 28.5 Å². The number of aromatic amines is 1. The lowest BCUT2D eigenvalue weighted by Gasteiger charge is -2.19. The van der Waals surface area contributed by atoms with Gasteiger partial charge in [-0.1, -0.05) is 56.6 Å². The minimum absolute atomic E-state index is 0.00346. The van der Waals surface area contributed by atoms with Gasteiger partial charge in [0.05, 0.1) is 12.1 Å². The van der Waals surface area contributed by atoms with Crippen LogP contribution < -0.4 is 0 Å². The molecule has 0 unspecified atom stereocenters. The Bertz CT molecular complexity index is 919. The quantitative estimate of drug-likeness (QED) is 0.669. The molecule has 0 spiro atoms. The predicted octanol–water partition coefficient (Wildman–Crippen LogP) is 5.41. The largest absolute Gasteiger partial charge is 0.481 e. The van der Waals surface area contributed by atoms with E-state index in [1.54, 1.807) is 0 Å². The highest BCUT2D eigenvalue weighted by Gasteiger charge is 2.20. The van der Waals surface area contributed by atoms with Crippen molar-refractivity contribution in [2.24, 2.45) is 0 Å². The SMILES string of the molecule is CC(C)(C)c1ccc2[nH]c(-c3ccccc3Cl)c(CC(=O)O)c2c1. The van der Waals surface area contributed by atoms with Crippen LogP contribution in [0.3, 0.4) is 0 Å². The van der Waals surface area contributed by atoms with E-state index in [-0.39, 0.29) is 11.8 Å². The summed E-state index contributed by atoms with van der Waals surface area (Å²) < 4.78 is 0. The average molecular weight is 342 g/mol. The monoisotopic (exact) mass is 341 g/mol. The van der Waals surface area contributed by atoms with Crippen LogP contribution in [0.15, 0.2) is 42.5 Å². The Morgan fingerprint density at radius 2 is 1.88 bits per heavy atom. The molecule has 3 aromatic rings.